The molecule has 2 nitrogen and oxygen atoms in total. The van der Waals surface area contributed by atoms with Gasteiger partial charge in [0.1, 0.15) is 13.2 Å². The number of hydrogen-bond acceptors (Lipinski definition) is 2. The first-order valence-electron chi connectivity index (χ1n) is 4.92. The van der Waals surface area contributed by atoms with Crippen LogP contribution in [-0.4, -0.2) is 0 Å². The lowest BCUT2D eigenvalue weighted by molar-refractivity contribution is 0.0309. The highest BCUT2D eigenvalue weighted by atomic mass is 16.7. The maximum Gasteiger partial charge on any atom is 0.275 e. The Morgan fingerprint density at radius 3 is 2.21 bits per heavy atom. The number of rotatable bonds is 1. The molecule has 1 heterocycles. The van der Waals surface area contributed by atoms with Crippen molar-refractivity contribution in [2.75, 3.05) is 0 Å². The molecule has 0 atom stereocenters. The predicted octanol–water partition coefficient (Wildman–Crippen LogP) is 2.98. The van der Waals surface area contributed by atoms with Crippen molar-refractivity contribution in [2.45, 2.75) is 26.6 Å². The summed E-state index contributed by atoms with van der Waals surface area (Å²) in [5.41, 5.74) is 2.43. The molecule has 0 fully saturated rings. The molecular formula is C12H14O2. The minimum absolute atomic E-state index is 0.613. The van der Waals surface area contributed by atoms with Crippen LogP contribution in [-0.2, 0) is 22.7 Å². The van der Waals surface area contributed by atoms with E-state index in [9.17, 15) is 0 Å². The Labute approximate surface area is 84.2 Å². The zero-order valence-electron chi connectivity index (χ0n) is 8.32. The number of hydrogen-bond donors (Lipinski definition) is 0. The van der Waals surface area contributed by atoms with Gasteiger partial charge in [0.25, 0.3) is 5.95 Å². The van der Waals surface area contributed by atoms with Gasteiger partial charge >= 0.3 is 0 Å². The fraction of sp³-hybridized carbons (Fsp3) is 0.333. The van der Waals surface area contributed by atoms with Crippen molar-refractivity contribution in [1.29, 1.82) is 0 Å². The van der Waals surface area contributed by atoms with Crippen LogP contribution in [0.3, 0.4) is 0 Å². The Kier molecular flexibility index (Phi) is 2.73. The second-order valence-electron chi connectivity index (χ2n) is 3.28. The standard InChI is InChI=1S/C12H14O2/c1-2-5-12-13-8-10-6-3-4-7-11(10)9-14-12/h3-7H,2,8-9H2,1H3. The van der Waals surface area contributed by atoms with E-state index in [1.807, 2.05) is 18.2 Å². The SMILES string of the molecule is CCC=C1OCc2ccccc2CO1. The van der Waals surface area contributed by atoms with Gasteiger partial charge in [-0.25, -0.2) is 0 Å². The molecular weight excluding hydrogens is 176 g/mol. The first kappa shape index (κ1) is 9.13. The van der Waals surface area contributed by atoms with Crippen LogP contribution in [0.15, 0.2) is 36.3 Å². The van der Waals surface area contributed by atoms with Crippen molar-refractivity contribution in [3.05, 3.63) is 47.4 Å². The van der Waals surface area contributed by atoms with E-state index in [0.717, 1.165) is 6.42 Å². The first-order chi connectivity index (χ1) is 6.90. The third kappa shape index (κ3) is 1.90. The monoisotopic (exact) mass is 190 g/mol. The van der Waals surface area contributed by atoms with Gasteiger partial charge in [-0.3, -0.25) is 0 Å². The zero-order chi connectivity index (χ0) is 9.80. The normalized spacial score (nSPS) is 14.8. The smallest absolute Gasteiger partial charge is 0.275 e. The summed E-state index contributed by atoms with van der Waals surface area (Å²) in [5.74, 6) is 0.656. The van der Waals surface area contributed by atoms with Crippen LogP contribution in [0.1, 0.15) is 24.5 Å². The van der Waals surface area contributed by atoms with Gasteiger partial charge in [-0.15, -0.1) is 0 Å². The molecule has 1 aromatic carbocycles. The van der Waals surface area contributed by atoms with E-state index >= 15 is 0 Å². The molecule has 0 spiro atoms. The minimum atomic E-state index is 0.613. The second kappa shape index (κ2) is 4.18. The Bertz CT molecular complexity index is 313. The van der Waals surface area contributed by atoms with E-state index < -0.39 is 0 Å². The highest BCUT2D eigenvalue weighted by Gasteiger charge is 2.10. The van der Waals surface area contributed by atoms with Crippen molar-refractivity contribution < 1.29 is 9.47 Å². The number of fused-ring (bicyclic) bond motifs is 1. The molecule has 0 saturated carbocycles. The maximum atomic E-state index is 5.51. The van der Waals surface area contributed by atoms with E-state index in [1.165, 1.54) is 11.1 Å². The molecule has 0 N–H and O–H groups in total. The van der Waals surface area contributed by atoms with Crippen LogP contribution in [0.25, 0.3) is 0 Å². The molecule has 0 unspecified atom stereocenters. The lowest BCUT2D eigenvalue weighted by Crippen LogP contribution is -1.91. The Morgan fingerprint density at radius 2 is 1.71 bits per heavy atom. The van der Waals surface area contributed by atoms with Gasteiger partial charge in [-0.2, -0.15) is 0 Å². The molecule has 1 aliphatic heterocycles. The van der Waals surface area contributed by atoms with Gasteiger partial charge < -0.3 is 9.47 Å². The molecule has 0 bridgehead atoms. The van der Waals surface area contributed by atoms with Gasteiger partial charge in [0, 0.05) is 0 Å². The molecule has 0 saturated heterocycles. The Morgan fingerprint density at radius 1 is 1.14 bits per heavy atom. The van der Waals surface area contributed by atoms with Gasteiger partial charge in [-0.05, 0) is 23.6 Å². The predicted molar refractivity (Wildman–Crippen MR) is 54.4 cm³/mol. The topological polar surface area (TPSA) is 18.5 Å². The van der Waals surface area contributed by atoms with E-state index in [-0.39, 0.29) is 0 Å². The summed E-state index contributed by atoms with van der Waals surface area (Å²) in [5, 5.41) is 0. The van der Waals surface area contributed by atoms with Crippen molar-refractivity contribution in [2.24, 2.45) is 0 Å². The third-order valence-electron chi connectivity index (χ3n) is 2.23. The third-order valence-corrected chi connectivity index (χ3v) is 2.23. The van der Waals surface area contributed by atoms with Gasteiger partial charge in [-0.1, -0.05) is 31.2 Å². The first-order valence-corrected chi connectivity index (χ1v) is 4.92. The van der Waals surface area contributed by atoms with Crippen LogP contribution in [0.4, 0.5) is 0 Å². The molecule has 0 aliphatic carbocycles. The van der Waals surface area contributed by atoms with E-state index in [0.29, 0.717) is 19.2 Å². The van der Waals surface area contributed by atoms with Crippen LogP contribution in [0.2, 0.25) is 0 Å². The molecule has 0 aromatic heterocycles. The molecule has 0 radical (unpaired) electrons. The van der Waals surface area contributed by atoms with Gasteiger partial charge in [0.2, 0.25) is 0 Å². The van der Waals surface area contributed by atoms with Gasteiger partial charge in [0.15, 0.2) is 0 Å². The van der Waals surface area contributed by atoms with E-state index in [2.05, 4.69) is 19.1 Å². The highest BCUT2D eigenvalue weighted by molar-refractivity contribution is 5.26. The van der Waals surface area contributed by atoms with E-state index in [1.54, 1.807) is 0 Å². The van der Waals surface area contributed by atoms with Crippen LogP contribution < -0.4 is 0 Å². The lowest BCUT2D eigenvalue weighted by atomic mass is 10.1. The van der Waals surface area contributed by atoms with E-state index in [4.69, 9.17) is 9.47 Å². The summed E-state index contributed by atoms with van der Waals surface area (Å²) in [6.07, 6.45) is 2.90. The summed E-state index contributed by atoms with van der Waals surface area (Å²) in [6, 6.07) is 8.20. The summed E-state index contributed by atoms with van der Waals surface area (Å²) in [6.45, 7) is 3.29. The summed E-state index contributed by atoms with van der Waals surface area (Å²) in [7, 11) is 0. The molecule has 2 heteroatoms. The number of benzene rings is 1. The van der Waals surface area contributed by atoms with Gasteiger partial charge in [0.05, 0.1) is 0 Å². The summed E-state index contributed by atoms with van der Waals surface area (Å²) < 4.78 is 11.0. The highest BCUT2D eigenvalue weighted by Crippen LogP contribution is 2.19. The summed E-state index contributed by atoms with van der Waals surface area (Å²) in [4.78, 5) is 0. The maximum absolute atomic E-state index is 5.51. The van der Waals surface area contributed by atoms with Crippen molar-refractivity contribution >= 4 is 0 Å². The minimum Gasteiger partial charge on any atom is -0.461 e. The zero-order valence-corrected chi connectivity index (χ0v) is 8.32. The van der Waals surface area contributed by atoms with Crippen LogP contribution in [0, 0.1) is 0 Å². The fourth-order valence-corrected chi connectivity index (χ4v) is 1.46. The molecule has 0 amide bonds. The Balaban J connectivity index is 2.18. The van der Waals surface area contributed by atoms with Crippen molar-refractivity contribution in [3.8, 4) is 0 Å². The Hall–Kier alpha value is -1.44. The molecule has 74 valence electrons. The molecule has 1 aliphatic rings. The average molecular weight is 190 g/mol. The van der Waals surface area contributed by atoms with Crippen molar-refractivity contribution in [1.82, 2.24) is 0 Å². The average Bonchev–Trinajstić information content (AvgIpc) is 2.42. The fourth-order valence-electron chi connectivity index (χ4n) is 1.46. The molecule has 14 heavy (non-hydrogen) atoms. The quantitative estimate of drug-likeness (QED) is 0.677. The number of allylic oxidation sites excluding steroid dienone is 1. The molecule has 2 rings (SSSR count). The lowest BCUT2D eigenvalue weighted by Gasteiger charge is -2.05. The number of ether oxygens (including phenoxy) is 2. The summed E-state index contributed by atoms with van der Waals surface area (Å²) >= 11 is 0. The van der Waals surface area contributed by atoms with Crippen LogP contribution in [0.5, 0.6) is 0 Å². The molecule has 1 aromatic rings. The van der Waals surface area contributed by atoms with Crippen LogP contribution >= 0.6 is 0 Å². The van der Waals surface area contributed by atoms with Crippen molar-refractivity contribution in [3.63, 3.8) is 0 Å². The largest absolute Gasteiger partial charge is 0.461 e. The second-order valence-corrected chi connectivity index (χ2v) is 3.28.